The first-order chi connectivity index (χ1) is 11.8. The standard InChI is InChI=1S/C20H24N2O2/c23-20(11-15-7-8-16-4-1-2-5-17(16)10-15)21-12-19-13-22-9-3-6-18(22)14-24-19/h1-2,4-5,7-8,10,18-19H,3,6,9,11-14H2,(H,21,23)/t18-,19+/m1/s1. The first-order valence-electron chi connectivity index (χ1n) is 8.88. The number of carbonyl (C=O) groups excluding carboxylic acids is 1. The molecule has 24 heavy (non-hydrogen) atoms. The molecule has 126 valence electrons. The van der Waals surface area contributed by atoms with Crippen molar-refractivity contribution in [3.8, 4) is 0 Å². The van der Waals surface area contributed by atoms with Crippen LogP contribution in [0.1, 0.15) is 18.4 Å². The smallest absolute Gasteiger partial charge is 0.224 e. The molecule has 2 aliphatic heterocycles. The molecule has 0 bridgehead atoms. The molecular formula is C20H24N2O2. The van der Waals surface area contributed by atoms with E-state index in [1.807, 2.05) is 18.2 Å². The monoisotopic (exact) mass is 324 g/mol. The molecule has 0 aromatic heterocycles. The molecule has 2 atom stereocenters. The van der Waals surface area contributed by atoms with Crippen molar-refractivity contribution in [3.63, 3.8) is 0 Å². The molecule has 4 rings (SSSR count). The number of ether oxygens (including phenoxy) is 1. The molecule has 2 aromatic rings. The van der Waals surface area contributed by atoms with E-state index in [0.29, 0.717) is 19.0 Å². The maximum absolute atomic E-state index is 12.2. The zero-order valence-corrected chi connectivity index (χ0v) is 13.9. The highest BCUT2D eigenvalue weighted by atomic mass is 16.5. The third-order valence-electron chi connectivity index (χ3n) is 5.17. The number of benzene rings is 2. The van der Waals surface area contributed by atoms with Crippen LogP contribution in [0.3, 0.4) is 0 Å². The largest absolute Gasteiger partial charge is 0.373 e. The highest BCUT2D eigenvalue weighted by Gasteiger charge is 2.32. The van der Waals surface area contributed by atoms with Crippen LogP contribution in [-0.4, -0.2) is 49.2 Å². The van der Waals surface area contributed by atoms with E-state index in [1.54, 1.807) is 0 Å². The van der Waals surface area contributed by atoms with Gasteiger partial charge in [0.25, 0.3) is 0 Å². The summed E-state index contributed by atoms with van der Waals surface area (Å²) < 4.78 is 5.89. The van der Waals surface area contributed by atoms with Gasteiger partial charge in [-0.25, -0.2) is 0 Å². The summed E-state index contributed by atoms with van der Waals surface area (Å²) in [7, 11) is 0. The minimum absolute atomic E-state index is 0.0671. The van der Waals surface area contributed by atoms with E-state index in [4.69, 9.17) is 4.74 Å². The summed E-state index contributed by atoms with van der Waals surface area (Å²) in [6.07, 6.45) is 3.07. The van der Waals surface area contributed by atoms with Crippen LogP contribution in [0.4, 0.5) is 0 Å². The van der Waals surface area contributed by atoms with Crippen LogP contribution in [0, 0.1) is 0 Å². The molecule has 2 heterocycles. The highest BCUT2D eigenvalue weighted by Crippen LogP contribution is 2.22. The topological polar surface area (TPSA) is 41.6 Å². The van der Waals surface area contributed by atoms with E-state index < -0.39 is 0 Å². The number of nitrogens with one attached hydrogen (secondary N) is 1. The van der Waals surface area contributed by atoms with Crippen LogP contribution >= 0.6 is 0 Å². The Kier molecular flexibility index (Phi) is 4.50. The van der Waals surface area contributed by atoms with Crippen molar-refractivity contribution < 1.29 is 9.53 Å². The number of morpholine rings is 1. The fourth-order valence-electron chi connectivity index (χ4n) is 3.83. The third-order valence-corrected chi connectivity index (χ3v) is 5.17. The van der Waals surface area contributed by atoms with Crippen molar-refractivity contribution in [2.45, 2.75) is 31.4 Å². The molecule has 4 nitrogen and oxygen atoms in total. The molecule has 0 spiro atoms. The van der Waals surface area contributed by atoms with E-state index in [9.17, 15) is 4.79 Å². The van der Waals surface area contributed by atoms with E-state index >= 15 is 0 Å². The summed E-state index contributed by atoms with van der Waals surface area (Å²) in [6, 6.07) is 15.0. The molecular weight excluding hydrogens is 300 g/mol. The first kappa shape index (κ1) is 15.6. The van der Waals surface area contributed by atoms with Crippen LogP contribution in [0.2, 0.25) is 0 Å². The lowest BCUT2D eigenvalue weighted by atomic mass is 10.0. The highest BCUT2D eigenvalue weighted by molar-refractivity contribution is 5.85. The average molecular weight is 324 g/mol. The number of rotatable bonds is 4. The van der Waals surface area contributed by atoms with Gasteiger partial charge in [0.2, 0.25) is 5.91 Å². The van der Waals surface area contributed by atoms with Gasteiger partial charge in [0, 0.05) is 19.1 Å². The van der Waals surface area contributed by atoms with Crippen LogP contribution in [0.25, 0.3) is 10.8 Å². The van der Waals surface area contributed by atoms with Crippen molar-refractivity contribution >= 4 is 16.7 Å². The minimum Gasteiger partial charge on any atom is -0.373 e. The normalized spacial score (nSPS) is 24.0. The molecule has 2 fully saturated rings. The zero-order valence-electron chi connectivity index (χ0n) is 13.9. The molecule has 1 amide bonds. The van der Waals surface area contributed by atoms with Gasteiger partial charge in [0.05, 0.1) is 19.1 Å². The van der Waals surface area contributed by atoms with Gasteiger partial charge >= 0.3 is 0 Å². The van der Waals surface area contributed by atoms with Gasteiger partial charge in [-0.2, -0.15) is 0 Å². The molecule has 2 aliphatic rings. The molecule has 2 saturated heterocycles. The van der Waals surface area contributed by atoms with Crippen molar-refractivity contribution in [2.24, 2.45) is 0 Å². The number of fused-ring (bicyclic) bond motifs is 2. The molecule has 0 unspecified atom stereocenters. The summed E-state index contributed by atoms with van der Waals surface area (Å²) in [5.74, 6) is 0.0671. The minimum atomic E-state index is 0.0671. The molecule has 0 radical (unpaired) electrons. The zero-order chi connectivity index (χ0) is 16.4. The predicted molar refractivity (Wildman–Crippen MR) is 95.0 cm³/mol. The molecule has 0 saturated carbocycles. The number of carbonyl (C=O) groups is 1. The Morgan fingerprint density at radius 3 is 3.00 bits per heavy atom. The van der Waals surface area contributed by atoms with Gasteiger partial charge < -0.3 is 10.1 Å². The Hall–Kier alpha value is -1.91. The summed E-state index contributed by atoms with van der Waals surface area (Å²) >= 11 is 0. The number of amides is 1. The van der Waals surface area contributed by atoms with Gasteiger partial charge in [-0.3, -0.25) is 9.69 Å². The lowest BCUT2D eigenvalue weighted by molar-refractivity contribution is -0.121. The van der Waals surface area contributed by atoms with E-state index in [0.717, 1.165) is 18.7 Å². The van der Waals surface area contributed by atoms with Crippen molar-refractivity contribution in [1.29, 1.82) is 0 Å². The van der Waals surface area contributed by atoms with Gasteiger partial charge in [0.15, 0.2) is 0 Å². The van der Waals surface area contributed by atoms with E-state index in [1.165, 1.54) is 30.2 Å². The van der Waals surface area contributed by atoms with Crippen LogP contribution < -0.4 is 5.32 Å². The Bertz CT molecular complexity index is 730. The Balaban J connectivity index is 1.29. The second-order valence-electron chi connectivity index (χ2n) is 6.91. The van der Waals surface area contributed by atoms with Gasteiger partial charge in [-0.1, -0.05) is 42.5 Å². The molecule has 1 N–H and O–H groups in total. The molecule has 2 aromatic carbocycles. The van der Waals surface area contributed by atoms with Crippen molar-refractivity contribution in [2.75, 3.05) is 26.2 Å². The second-order valence-corrected chi connectivity index (χ2v) is 6.91. The third kappa shape index (κ3) is 3.45. The fourth-order valence-corrected chi connectivity index (χ4v) is 3.83. The van der Waals surface area contributed by atoms with Crippen LogP contribution in [0.15, 0.2) is 42.5 Å². The Morgan fingerprint density at radius 1 is 1.21 bits per heavy atom. The summed E-state index contributed by atoms with van der Waals surface area (Å²) in [5.41, 5.74) is 1.05. The summed E-state index contributed by atoms with van der Waals surface area (Å²) in [5, 5.41) is 5.42. The van der Waals surface area contributed by atoms with Gasteiger partial charge in [0.1, 0.15) is 0 Å². The maximum atomic E-state index is 12.2. The Morgan fingerprint density at radius 2 is 2.08 bits per heavy atom. The number of hydrogen-bond donors (Lipinski definition) is 1. The van der Waals surface area contributed by atoms with Crippen LogP contribution in [-0.2, 0) is 16.0 Å². The van der Waals surface area contributed by atoms with Gasteiger partial charge in [-0.15, -0.1) is 0 Å². The van der Waals surface area contributed by atoms with Crippen LogP contribution in [0.5, 0.6) is 0 Å². The lowest BCUT2D eigenvalue weighted by Crippen LogP contribution is -2.50. The summed E-state index contributed by atoms with van der Waals surface area (Å²) in [4.78, 5) is 14.7. The van der Waals surface area contributed by atoms with E-state index in [-0.39, 0.29) is 12.0 Å². The Labute approximate surface area is 142 Å². The van der Waals surface area contributed by atoms with E-state index in [2.05, 4.69) is 34.5 Å². The molecule has 0 aliphatic carbocycles. The lowest BCUT2D eigenvalue weighted by Gasteiger charge is -2.35. The number of hydrogen-bond acceptors (Lipinski definition) is 3. The quantitative estimate of drug-likeness (QED) is 0.939. The SMILES string of the molecule is O=C(Cc1ccc2ccccc2c1)NC[C@H]1CN2CCC[C@@H]2CO1. The average Bonchev–Trinajstić information content (AvgIpc) is 3.07. The first-order valence-corrected chi connectivity index (χ1v) is 8.88. The predicted octanol–water partition coefficient (Wildman–Crippen LogP) is 2.36. The van der Waals surface area contributed by atoms with Crippen molar-refractivity contribution in [1.82, 2.24) is 10.2 Å². The van der Waals surface area contributed by atoms with Crippen molar-refractivity contribution in [3.05, 3.63) is 48.0 Å². The summed E-state index contributed by atoms with van der Waals surface area (Å²) in [6.45, 7) is 3.54. The maximum Gasteiger partial charge on any atom is 0.224 e. The fraction of sp³-hybridized carbons (Fsp3) is 0.450. The molecule has 4 heteroatoms. The number of nitrogens with zero attached hydrogens (tertiary/aromatic N) is 1. The second kappa shape index (κ2) is 6.91. The van der Waals surface area contributed by atoms with Gasteiger partial charge in [-0.05, 0) is 35.7 Å².